The molecule has 0 saturated carbocycles. The summed E-state index contributed by atoms with van der Waals surface area (Å²) < 4.78 is 0. The number of non-ortho nitro benzene ring substituents is 1. The van der Waals surface area contributed by atoms with E-state index in [1.165, 1.54) is 24.3 Å². The monoisotopic (exact) mass is 374 g/mol. The van der Waals surface area contributed by atoms with E-state index in [0.717, 1.165) is 16.7 Å². The molecule has 2 amide bonds. The molecule has 1 heterocycles. The minimum atomic E-state index is -0.504. The van der Waals surface area contributed by atoms with Crippen molar-refractivity contribution >= 4 is 46.3 Å². The Labute approximate surface area is 152 Å². The van der Waals surface area contributed by atoms with Crippen LogP contribution in [0.5, 0.6) is 0 Å². The largest absolute Gasteiger partial charge is 0.293 e. The van der Waals surface area contributed by atoms with Gasteiger partial charge in [-0.3, -0.25) is 24.6 Å². The zero-order valence-electron chi connectivity index (χ0n) is 12.7. The summed E-state index contributed by atoms with van der Waals surface area (Å²) in [6.07, 6.45) is 1.59. The summed E-state index contributed by atoms with van der Waals surface area (Å²) >= 11 is 6.92. The average Bonchev–Trinajstić information content (AvgIpc) is 2.85. The van der Waals surface area contributed by atoms with Gasteiger partial charge in [0.2, 0.25) is 0 Å². The molecule has 6 nitrogen and oxygen atoms in total. The van der Waals surface area contributed by atoms with Gasteiger partial charge in [0.1, 0.15) is 0 Å². The Morgan fingerprint density at radius 3 is 2.44 bits per heavy atom. The molecular weight excluding hydrogens is 364 g/mol. The quantitative estimate of drug-likeness (QED) is 0.447. The Kier molecular flexibility index (Phi) is 4.87. The zero-order valence-corrected chi connectivity index (χ0v) is 14.3. The van der Waals surface area contributed by atoms with Crippen LogP contribution in [0.4, 0.5) is 10.5 Å². The van der Waals surface area contributed by atoms with Crippen molar-refractivity contribution in [1.82, 2.24) is 4.90 Å². The van der Waals surface area contributed by atoms with E-state index in [1.807, 2.05) is 0 Å². The SMILES string of the molecule is O=C1S/C(=C\c2ccccc2Cl)C(=O)N1Cc1ccc([N+](=O)[O-])cc1. The van der Waals surface area contributed by atoms with Gasteiger partial charge in [0.15, 0.2) is 0 Å². The smallest absolute Gasteiger partial charge is 0.268 e. The lowest BCUT2D eigenvalue weighted by Crippen LogP contribution is -2.27. The molecule has 25 heavy (non-hydrogen) atoms. The van der Waals surface area contributed by atoms with Crippen LogP contribution in [0.25, 0.3) is 6.08 Å². The minimum Gasteiger partial charge on any atom is -0.268 e. The number of hydrogen-bond acceptors (Lipinski definition) is 5. The van der Waals surface area contributed by atoms with Gasteiger partial charge < -0.3 is 0 Å². The molecule has 1 saturated heterocycles. The van der Waals surface area contributed by atoms with Gasteiger partial charge in [-0.25, -0.2) is 0 Å². The van der Waals surface area contributed by atoms with E-state index in [1.54, 1.807) is 30.3 Å². The van der Waals surface area contributed by atoms with E-state index >= 15 is 0 Å². The summed E-state index contributed by atoms with van der Waals surface area (Å²) in [5.74, 6) is -0.409. The van der Waals surface area contributed by atoms with Crippen molar-refractivity contribution in [2.24, 2.45) is 0 Å². The fraction of sp³-hybridized carbons (Fsp3) is 0.0588. The Hall–Kier alpha value is -2.64. The van der Waals surface area contributed by atoms with E-state index in [0.29, 0.717) is 21.1 Å². The van der Waals surface area contributed by atoms with Gasteiger partial charge in [0.25, 0.3) is 16.8 Å². The molecule has 1 aliphatic rings. The molecule has 0 aromatic heterocycles. The van der Waals surface area contributed by atoms with Crippen LogP contribution in [0.2, 0.25) is 5.02 Å². The van der Waals surface area contributed by atoms with Crippen LogP contribution in [0.3, 0.4) is 0 Å². The molecular formula is C17H11ClN2O4S. The zero-order chi connectivity index (χ0) is 18.0. The molecule has 0 N–H and O–H groups in total. The third kappa shape index (κ3) is 3.72. The van der Waals surface area contributed by atoms with E-state index in [4.69, 9.17) is 11.6 Å². The number of halogens is 1. The number of hydrogen-bond donors (Lipinski definition) is 0. The standard InChI is InChI=1S/C17H11ClN2O4S/c18-14-4-2-1-3-12(14)9-15-16(21)19(17(22)25-15)10-11-5-7-13(8-6-11)20(23)24/h1-9H,10H2/b15-9-. The summed E-state index contributed by atoms with van der Waals surface area (Å²) in [6, 6.07) is 12.8. The Bertz CT molecular complexity index is 896. The fourth-order valence-electron chi connectivity index (χ4n) is 2.28. The Morgan fingerprint density at radius 1 is 1.12 bits per heavy atom. The second-order valence-electron chi connectivity index (χ2n) is 5.21. The first-order valence-corrected chi connectivity index (χ1v) is 8.38. The molecule has 1 aliphatic heterocycles. The van der Waals surface area contributed by atoms with Crippen molar-refractivity contribution in [2.75, 3.05) is 0 Å². The summed E-state index contributed by atoms with van der Waals surface area (Å²) in [5.41, 5.74) is 1.24. The molecule has 3 rings (SSSR count). The lowest BCUT2D eigenvalue weighted by Gasteiger charge is -2.12. The molecule has 0 atom stereocenters. The van der Waals surface area contributed by atoms with Gasteiger partial charge in [0.05, 0.1) is 16.4 Å². The van der Waals surface area contributed by atoms with Gasteiger partial charge >= 0.3 is 0 Å². The third-order valence-corrected chi connectivity index (χ3v) is 4.80. The second kappa shape index (κ2) is 7.08. The number of nitro groups is 1. The molecule has 2 aromatic carbocycles. The highest BCUT2D eigenvalue weighted by Crippen LogP contribution is 2.34. The van der Waals surface area contributed by atoms with Crippen LogP contribution in [0, 0.1) is 10.1 Å². The molecule has 0 bridgehead atoms. The normalized spacial score (nSPS) is 15.9. The maximum Gasteiger partial charge on any atom is 0.293 e. The number of rotatable bonds is 4. The first-order valence-electron chi connectivity index (χ1n) is 7.19. The number of carbonyl (C=O) groups is 2. The van der Waals surface area contributed by atoms with Gasteiger partial charge in [-0.2, -0.15) is 0 Å². The van der Waals surface area contributed by atoms with Crippen molar-refractivity contribution in [3.63, 3.8) is 0 Å². The van der Waals surface area contributed by atoms with Crippen molar-refractivity contribution in [1.29, 1.82) is 0 Å². The number of imide groups is 1. The van der Waals surface area contributed by atoms with Crippen LogP contribution in [0.1, 0.15) is 11.1 Å². The summed E-state index contributed by atoms with van der Waals surface area (Å²) in [4.78, 5) is 36.2. The van der Waals surface area contributed by atoms with Gasteiger partial charge in [-0.1, -0.05) is 41.9 Å². The topological polar surface area (TPSA) is 80.5 Å². The summed E-state index contributed by atoms with van der Waals surface area (Å²) in [5, 5.41) is 10.8. The maximum absolute atomic E-state index is 12.5. The Balaban J connectivity index is 1.80. The molecule has 0 spiro atoms. The highest BCUT2D eigenvalue weighted by Gasteiger charge is 2.35. The van der Waals surface area contributed by atoms with Crippen LogP contribution in [-0.4, -0.2) is 21.0 Å². The van der Waals surface area contributed by atoms with Gasteiger partial charge in [-0.05, 0) is 35.0 Å². The van der Waals surface area contributed by atoms with E-state index in [-0.39, 0.29) is 17.5 Å². The molecule has 0 unspecified atom stereocenters. The molecule has 0 aliphatic carbocycles. The number of nitro benzene ring substituents is 1. The highest BCUT2D eigenvalue weighted by molar-refractivity contribution is 8.18. The molecule has 1 fully saturated rings. The minimum absolute atomic E-state index is 0.0449. The van der Waals surface area contributed by atoms with Crippen LogP contribution >= 0.6 is 23.4 Å². The fourth-order valence-corrected chi connectivity index (χ4v) is 3.29. The lowest BCUT2D eigenvalue weighted by atomic mass is 10.2. The summed E-state index contributed by atoms with van der Waals surface area (Å²) in [6.45, 7) is 0.0581. The predicted octanol–water partition coefficient (Wildman–Crippen LogP) is 4.48. The van der Waals surface area contributed by atoms with E-state index in [2.05, 4.69) is 0 Å². The van der Waals surface area contributed by atoms with Crippen molar-refractivity contribution in [3.05, 3.63) is 79.7 Å². The number of nitrogens with zero attached hydrogens (tertiary/aromatic N) is 2. The number of benzene rings is 2. The lowest BCUT2D eigenvalue weighted by molar-refractivity contribution is -0.384. The number of amides is 2. The summed E-state index contributed by atoms with van der Waals surface area (Å²) in [7, 11) is 0. The molecule has 0 radical (unpaired) electrons. The first kappa shape index (κ1) is 17.2. The Morgan fingerprint density at radius 2 is 1.80 bits per heavy atom. The molecule has 126 valence electrons. The first-order chi connectivity index (χ1) is 12.0. The van der Waals surface area contributed by atoms with Crippen molar-refractivity contribution in [3.8, 4) is 0 Å². The molecule has 8 heteroatoms. The molecule has 2 aromatic rings. The van der Waals surface area contributed by atoms with Gasteiger partial charge in [0, 0.05) is 17.2 Å². The van der Waals surface area contributed by atoms with Crippen molar-refractivity contribution in [2.45, 2.75) is 6.54 Å². The van der Waals surface area contributed by atoms with Crippen LogP contribution < -0.4 is 0 Å². The number of carbonyl (C=O) groups excluding carboxylic acids is 2. The highest BCUT2D eigenvalue weighted by atomic mass is 35.5. The van der Waals surface area contributed by atoms with E-state index < -0.39 is 10.8 Å². The van der Waals surface area contributed by atoms with Crippen molar-refractivity contribution < 1.29 is 14.5 Å². The number of thioether (sulfide) groups is 1. The second-order valence-corrected chi connectivity index (χ2v) is 6.61. The predicted molar refractivity (Wildman–Crippen MR) is 96.1 cm³/mol. The maximum atomic E-state index is 12.5. The average molecular weight is 375 g/mol. The van der Waals surface area contributed by atoms with Crippen LogP contribution in [-0.2, 0) is 11.3 Å². The van der Waals surface area contributed by atoms with Crippen LogP contribution in [0.15, 0.2) is 53.4 Å². The van der Waals surface area contributed by atoms with E-state index in [9.17, 15) is 19.7 Å². The van der Waals surface area contributed by atoms with Gasteiger partial charge in [-0.15, -0.1) is 0 Å². The third-order valence-electron chi connectivity index (χ3n) is 3.55.